The molecule has 1 aliphatic rings. The molecule has 6 aromatic carbocycles. The van der Waals surface area contributed by atoms with Gasteiger partial charge in [0.25, 0.3) is 0 Å². The molecule has 6 nitrogen and oxygen atoms in total. The topological polar surface area (TPSA) is 66.8 Å². The summed E-state index contributed by atoms with van der Waals surface area (Å²) < 4.78 is 37.2. The molecule has 1 aromatic heterocycles. The fourth-order valence-corrected chi connectivity index (χ4v) is 9.62. The van der Waals surface area contributed by atoms with Crippen LogP contribution in [0.2, 0.25) is 0 Å². The van der Waals surface area contributed by atoms with E-state index in [1.807, 2.05) is 85.8 Å². The van der Waals surface area contributed by atoms with E-state index >= 15 is 4.57 Å². The Labute approximate surface area is 315 Å². The molecule has 54 heavy (non-hydrogen) atoms. The van der Waals surface area contributed by atoms with Crippen LogP contribution in [0, 0.1) is 0 Å². The lowest BCUT2D eigenvalue weighted by atomic mass is 9.87. The summed E-state index contributed by atoms with van der Waals surface area (Å²) in [6.07, 6.45) is 5.27. The van der Waals surface area contributed by atoms with Crippen LogP contribution in [-0.4, -0.2) is 17.1 Å². The fourth-order valence-electron chi connectivity index (χ4n) is 7.22. The number of fused-ring (bicyclic) bond motifs is 6. The quantitative estimate of drug-likeness (QED) is 0.0512. The first-order valence-electron chi connectivity index (χ1n) is 18.1. The van der Waals surface area contributed by atoms with Gasteiger partial charge in [-0.05, 0) is 71.0 Å². The van der Waals surface area contributed by atoms with Crippen LogP contribution in [0.4, 0.5) is 0 Å². The Bertz CT molecular complexity index is 2660. The van der Waals surface area contributed by atoms with Crippen LogP contribution in [0.3, 0.4) is 0 Å². The second-order valence-electron chi connectivity index (χ2n) is 14.3. The van der Waals surface area contributed by atoms with Crippen molar-refractivity contribution in [2.75, 3.05) is 6.61 Å². The third-order valence-electron chi connectivity index (χ3n) is 9.82. The molecule has 1 atom stereocenters. The van der Waals surface area contributed by atoms with Crippen LogP contribution in [0.1, 0.15) is 44.4 Å². The minimum atomic E-state index is -3.98. The number of carbonyl (C=O) groups excluding carboxylic acids is 1. The second kappa shape index (κ2) is 13.7. The van der Waals surface area contributed by atoms with Gasteiger partial charge in [0.2, 0.25) is 0 Å². The van der Waals surface area contributed by atoms with Gasteiger partial charge >= 0.3 is 13.3 Å². The second-order valence-corrected chi connectivity index (χ2v) is 16.6. The first-order valence-corrected chi connectivity index (χ1v) is 19.7. The van der Waals surface area contributed by atoms with E-state index in [4.69, 9.17) is 14.0 Å². The van der Waals surface area contributed by atoms with Gasteiger partial charge < -0.3 is 18.6 Å². The van der Waals surface area contributed by atoms with Gasteiger partial charge in [0.05, 0.1) is 28.1 Å². The Morgan fingerprint density at radius 3 is 2.19 bits per heavy atom. The normalized spacial score (nSPS) is 15.1. The van der Waals surface area contributed by atoms with Crippen molar-refractivity contribution in [1.29, 1.82) is 0 Å². The van der Waals surface area contributed by atoms with Crippen LogP contribution >= 0.6 is 7.37 Å². The van der Waals surface area contributed by atoms with Crippen LogP contribution in [-0.2, 0) is 14.8 Å². The first kappa shape index (κ1) is 35.0. The summed E-state index contributed by atoms with van der Waals surface area (Å²) in [6.45, 7) is 12.6. The highest BCUT2D eigenvalue weighted by Crippen LogP contribution is 2.57. The molecule has 7 heteroatoms. The summed E-state index contributed by atoms with van der Waals surface area (Å²) >= 11 is 0. The lowest BCUT2D eigenvalue weighted by Gasteiger charge is -2.30. The molecule has 268 valence electrons. The molecule has 8 rings (SSSR count). The number of nitrogens with zero attached hydrogens (tertiary/aromatic N) is 1. The van der Waals surface area contributed by atoms with Gasteiger partial charge in [-0.1, -0.05) is 124 Å². The van der Waals surface area contributed by atoms with E-state index in [0.29, 0.717) is 34.3 Å². The van der Waals surface area contributed by atoms with Crippen molar-refractivity contribution in [1.82, 2.24) is 4.57 Å². The number of hydrogen-bond donors (Lipinski definition) is 0. The highest BCUT2D eigenvalue weighted by molar-refractivity contribution is 7.75. The summed E-state index contributed by atoms with van der Waals surface area (Å²) in [5.41, 5.74) is 7.36. The SMILES string of the molecule is C=CC(=O)Oc1c(P2(=O)Oc3ccccc3-c3ccccc32)cc(OCC)c2c1c1cc(/C=C/c3ccc(C(C)(C)C)cc3)ccc1n2-c1ccccc1. The third-order valence-corrected chi connectivity index (χ3v) is 12.3. The Balaban J connectivity index is 1.44. The molecule has 0 amide bonds. The van der Waals surface area contributed by atoms with Crippen LogP contribution in [0.25, 0.3) is 50.8 Å². The molecule has 0 saturated carbocycles. The lowest BCUT2D eigenvalue weighted by molar-refractivity contribution is -0.128. The van der Waals surface area contributed by atoms with E-state index < -0.39 is 13.3 Å². The number of benzene rings is 6. The van der Waals surface area contributed by atoms with E-state index in [9.17, 15) is 4.79 Å². The highest BCUT2D eigenvalue weighted by atomic mass is 31.2. The number of carbonyl (C=O) groups is 1. The van der Waals surface area contributed by atoms with Gasteiger partial charge in [0.1, 0.15) is 17.0 Å². The molecule has 2 heterocycles. The number of esters is 1. The molecule has 0 bridgehead atoms. The molecule has 0 N–H and O–H groups in total. The fraction of sp³-hybridized carbons (Fsp3) is 0.128. The predicted molar refractivity (Wildman–Crippen MR) is 221 cm³/mol. The zero-order valence-corrected chi connectivity index (χ0v) is 31.6. The molecule has 0 fully saturated rings. The van der Waals surface area contributed by atoms with E-state index in [1.54, 1.807) is 6.07 Å². The van der Waals surface area contributed by atoms with Crippen molar-refractivity contribution >= 4 is 57.9 Å². The zero-order valence-electron chi connectivity index (χ0n) is 30.7. The van der Waals surface area contributed by atoms with Gasteiger partial charge in [-0.3, -0.25) is 4.57 Å². The lowest BCUT2D eigenvalue weighted by Crippen LogP contribution is -2.27. The van der Waals surface area contributed by atoms with E-state index in [2.05, 4.69) is 86.5 Å². The van der Waals surface area contributed by atoms with Crippen LogP contribution in [0.5, 0.6) is 17.2 Å². The van der Waals surface area contributed by atoms with Crippen molar-refractivity contribution in [3.8, 4) is 34.1 Å². The van der Waals surface area contributed by atoms with E-state index in [0.717, 1.165) is 44.9 Å². The highest BCUT2D eigenvalue weighted by Gasteiger charge is 2.42. The van der Waals surface area contributed by atoms with Crippen molar-refractivity contribution in [3.63, 3.8) is 0 Å². The van der Waals surface area contributed by atoms with Crippen molar-refractivity contribution in [3.05, 3.63) is 157 Å². The molecule has 7 aromatic rings. The van der Waals surface area contributed by atoms with E-state index in [1.165, 1.54) is 5.56 Å². The maximum Gasteiger partial charge on any atom is 0.335 e. The summed E-state index contributed by atoms with van der Waals surface area (Å²) in [4.78, 5) is 13.3. The van der Waals surface area contributed by atoms with Gasteiger partial charge in [-0.2, -0.15) is 0 Å². The summed E-state index contributed by atoms with van der Waals surface area (Å²) in [7, 11) is -3.98. The zero-order chi connectivity index (χ0) is 37.6. The summed E-state index contributed by atoms with van der Waals surface area (Å²) in [5.74, 6) is 0.407. The monoisotopic (exact) mass is 729 g/mol. The third kappa shape index (κ3) is 6.03. The minimum Gasteiger partial charge on any atom is -0.492 e. The average Bonchev–Trinajstić information content (AvgIpc) is 3.53. The Morgan fingerprint density at radius 2 is 1.46 bits per heavy atom. The van der Waals surface area contributed by atoms with Gasteiger partial charge in [-0.15, -0.1) is 0 Å². The molecule has 1 aliphatic heterocycles. The van der Waals surface area contributed by atoms with Gasteiger partial charge in [-0.25, -0.2) is 4.79 Å². The van der Waals surface area contributed by atoms with Gasteiger partial charge in [0.15, 0.2) is 5.75 Å². The average molecular weight is 730 g/mol. The molecule has 0 saturated heterocycles. The Morgan fingerprint density at radius 1 is 0.796 bits per heavy atom. The molecule has 1 unspecified atom stereocenters. The van der Waals surface area contributed by atoms with Crippen molar-refractivity contribution in [2.45, 2.75) is 33.1 Å². The van der Waals surface area contributed by atoms with Crippen molar-refractivity contribution < 1.29 is 23.4 Å². The maximum absolute atomic E-state index is 15.8. The van der Waals surface area contributed by atoms with Crippen molar-refractivity contribution in [2.24, 2.45) is 0 Å². The largest absolute Gasteiger partial charge is 0.492 e. The van der Waals surface area contributed by atoms with E-state index in [-0.39, 0.29) is 16.5 Å². The maximum atomic E-state index is 15.8. The number of aromatic nitrogens is 1. The Kier molecular flexibility index (Phi) is 8.87. The van der Waals surface area contributed by atoms with Crippen LogP contribution < -0.4 is 24.6 Å². The standard InChI is InChI=1S/C47H40NO5P/c1-6-43(49)52-46-42(54(50)41-20-14-12-18-36(41)35-17-11-13-19-39(35)53-54)30-40(51-7-2)45-44(46)37-29-32(22-21-31-23-26-33(27-24-31)47(3,4)5)25-28-38(37)48(45)34-15-9-8-10-16-34/h6,8-30H,1,7H2,2-5H3/b22-21+. The molecular formula is C47H40NO5P. The van der Waals surface area contributed by atoms with Gasteiger partial charge in [0, 0.05) is 28.8 Å². The minimum absolute atomic E-state index is 0.0608. The Hall–Kier alpha value is -6.10. The number of para-hydroxylation sites is 2. The molecular weight excluding hydrogens is 689 g/mol. The molecule has 0 radical (unpaired) electrons. The first-order chi connectivity index (χ1) is 26.1. The number of rotatable bonds is 8. The summed E-state index contributed by atoms with van der Waals surface area (Å²) in [6, 6.07) is 41.5. The molecule has 0 spiro atoms. The number of ether oxygens (including phenoxy) is 2. The number of hydrogen-bond acceptors (Lipinski definition) is 5. The molecule has 0 aliphatic carbocycles. The predicted octanol–water partition coefficient (Wildman–Crippen LogP) is 11.0. The van der Waals surface area contributed by atoms with Crippen LogP contribution in [0.15, 0.2) is 140 Å². The summed E-state index contributed by atoms with van der Waals surface area (Å²) in [5, 5.41) is 2.09. The smallest absolute Gasteiger partial charge is 0.335 e.